The van der Waals surface area contributed by atoms with Gasteiger partial charge in [-0.1, -0.05) is 23.9 Å². The molecular formula is C15H19N3O3S. The van der Waals surface area contributed by atoms with Gasteiger partial charge in [-0.25, -0.2) is 0 Å². The fourth-order valence-electron chi connectivity index (χ4n) is 1.80. The first-order valence-electron chi connectivity index (χ1n) is 6.79. The van der Waals surface area contributed by atoms with Gasteiger partial charge in [0.2, 0.25) is 0 Å². The molecule has 0 fully saturated rings. The van der Waals surface area contributed by atoms with E-state index in [2.05, 4.69) is 14.9 Å². The first kappa shape index (κ1) is 16.4. The van der Waals surface area contributed by atoms with Gasteiger partial charge < -0.3 is 14.0 Å². The van der Waals surface area contributed by atoms with Crippen molar-refractivity contribution in [3.8, 4) is 5.75 Å². The van der Waals surface area contributed by atoms with E-state index in [-0.39, 0.29) is 11.7 Å². The van der Waals surface area contributed by atoms with E-state index in [0.717, 1.165) is 11.3 Å². The van der Waals surface area contributed by atoms with Crippen molar-refractivity contribution in [1.29, 1.82) is 0 Å². The van der Waals surface area contributed by atoms with E-state index in [1.807, 2.05) is 43.7 Å². The molecule has 6 nitrogen and oxygen atoms in total. The van der Waals surface area contributed by atoms with Gasteiger partial charge in [-0.15, -0.1) is 10.2 Å². The highest BCUT2D eigenvalue weighted by molar-refractivity contribution is 7.99. The summed E-state index contributed by atoms with van der Waals surface area (Å²) in [5.41, 5.74) is 2.30. The van der Waals surface area contributed by atoms with E-state index in [0.29, 0.717) is 17.6 Å². The average Bonchev–Trinajstić information content (AvgIpc) is 2.87. The molecular weight excluding hydrogens is 302 g/mol. The van der Waals surface area contributed by atoms with Crippen molar-refractivity contribution in [2.45, 2.75) is 25.6 Å². The van der Waals surface area contributed by atoms with E-state index in [9.17, 15) is 4.79 Å². The number of hydrogen-bond acceptors (Lipinski definition) is 6. The zero-order chi connectivity index (χ0) is 16.1. The fourth-order valence-corrected chi connectivity index (χ4v) is 2.56. The number of thioether (sulfide) groups is 1. The van der Waals surface area contributed by atoms with Gasteiger partial charge in [-0.2, -0.15) is 0 Å². The van der Waals surface area contributed by atoms with Crippen LogP contribution in [0, 0.1) is 13.8 Å². The van der Waals surface area contributed by atoms with Crippen molar-refractivity contribution in [2.75, 3.05) is 12.9 Å². The number of rotatable bonds is 6. The van der Waals surface area contributed by atoms with Crippen molar-refractivity contribution >= 4 is 17.7 Å². The van der Waals surface area contributed by atoms with Crippen molar-refractivity contribution in [1.82, 2.24) is 14.8 Å². The Hall–Kier alpha value is -2.02. The molecule has 0 bridgehead atoms. The minimum atomic E-state index is -0.291. The van der Waals surface area contributed by atoms with Crippen LogP contribution < -0.4 is 4.74 Å². The molecule has 0 saturated heterocycles. The van der Waals surface area contributed by atoms with Crippen LogP contribution in [0.2, 0.25) is 0 Å². The highest BCUT2D eigenvalue weighted by Crippen LogP contribution is 2.22. The van der Waals surface area contributed by atoms with Gasteiger partial charge in [0, 0.05) is 7.05 Å². The molecule has 22 heavy (non-hydrogen) atoms. The lowest BCUT2D eigenvalue weighted by atomic mass is 10.1. The summed E-state index contributed by atoms with van der Waals surface area (Å²) < 4.78 is 12.2. The maximum atomic E-state index is 11.2. The summed E-state index contributed by atoms with van der Waals surface area (Å²) in [6, 6.07) is 5.95. The largest absolute Gasteiger partial charge is 0.485 e. The molecule has 0 aliphatic carbocycles. The molecule has 1 heterocycles. The predicted octanol–water partition coefficient (Wildman–Crippen LogP) is 2.28. The number of ether oxygens (including phenoxy) is 2. The molecule has 0 N–H and O–H groups in total. The van der Waals surface area contributed by atoms with Crippen LogP contribution in [0.25, 0.3) is 0 Å². The molecule has 0 radical (unpaired) electrons. The standard InChI is InChI=1S/C15H19N3O3S/c1-10-6-5-7-12(11(10)2)21-8-13-16-17-15(18(13)3)22-9-14(19)20-4/h5-7H,8-9H2,1-4H3. The van der Waals surface area contributed by atoms with E-state index in [4.69, 9.17) is 4.74 Å². The normalized spacial score (nSPS) is 10.5. The molecule has 0 atom stereocenters. The number of carbonyl (C=O) groups excluding carboxylic acids is 1. The molecule has 0 spiro atoms. The number of methoxy groups -OCH3 is 1. The first-order valence-corrected chi connectivity index (χ1v) is 7.78. The lowest BCUT2D eigenvalue weighted by Gasteiger charge is -2.10. The smallest absolute Gasteiger partial charge is 0.316 e. The summed E-state index contributed by atoms with van der Waals surface area (Å²) in [5.74, 6) is 1.46. The van der Waals surface area contributed by atoms with E-state index < -0.39 is 0 Å². The predicted molar refractivity (Wildman–Crippen MR) is 84.0 cm³/mol. The van der Waals surface area contributed by atoms with Crippen LogP contribution in [0.1, 0.15) is 17.0 Å². The number of carbonyl (C=O) groups is 1. The number of esters is 1. The Kier molecular flexibility index (Phi) is 5.43. The summed E-state index contributed by atoms with van der Waals surface area (Å²) in [4.78, 5) is 11.2. The van der Waals surface area contributed by atoms with Gasteiger partial charge in [0.05, 0.1) is 12.9 Å². The molecule has 1 aromatic heterocycles. The Balaban J connectivity index is 2.00. The lowest BCUT2D eigenvalue weighted by molar-refractivity contribution is -0.137. The van der Waals surface area contributed by atoms with Gasteiger partial charge in [0.1, 0.15) is 12.4 Å². The van der Waals surface area contributed by atoms with Crippen LogP contribution in [0.5, 0.6) is 5.75 Å². The third-order valence-corrected chi connectivity index (χ3v) is 4.38. The van der Waals surface area contributed by atoms with Gasteiger partial charge in [-0.05, 0) is 31.0 Å². The maximum Gasteiger partial charge on any atom is 0.316 e. The highest BCUT2D eigenvalue weighted by atomic mass is 32.2. The summed E-state index contributed by atoms with van der Waals surface area (Å²) in [7, 11) is 3.21. The minimum absolute atomic E-state index is 0.209. The highest BCUT2D eigenvalue weighted by Gasteiger charge is 2.12. The van der Waals surface area contributed by atoms with Gasteiger partial charge in [0.15, 0.2) is 11.0 Å². The Morgan fingerprint density at radius 2 is 2.09 bits per heavy atom. The van der Waals surface area contributed by atoms with Crippen molar-refractivity contribution < 1.29 is 14.3 Å². The molecule has 7 heteroatoms. The van der Waals surface area contributed by atoms with Crippen LogP contribution in [0.4, 0.5) is 0 Å². The monoisotopic (exact) mass is 321 g/mol. The summed E-state index contributed by atoms with van der Waals surface area (Å²) in [6.07, 6.45) is 0. The third-order valence-electron chi connectivity index (χ3n) is 3.38. The van der Waals surface area contributed by atoms with Crippen LogP contribution in [0.3, 0.4) is 0 Å². The lowest BCUT2D eigenvalue weighted by Crippen LogP contribution is -2.07. The zero-order valence-electron chi connectivity index (χ0n) is 13.1. The molecule has 0 aliphatic rings. The molecule has 2 aromatic rings. The quantitative estimate of drug-likeness (QED) is 0.601. The minimum Gasteiger partial charge on any atom is -0.485 e. The second kappa shape index (κ2) is 7.31. The Morgan fingerprint density at radius 1 is 1.32 bits per heavy atom. The van der Waals surface area contributed by atoms with E-state index in [1.165, 1.54) is 24.4 Å². The molecule has 0 saturated carbocycles. The Bertz CT molecular complexity index is 670. The number of benzene rings is 1. The number of nitrogens with zero attached hydrogens (tertiary/aromatic N) is 3. The molecule has 2 rings (SSSR count). The molecule has 118 valence electrons. The van der Waals surface area contributed by atoms with Gasteiger partial charge in [0.25, 0.3) is 0 Å². The molecule has 0 unspecified atom stereocenters. The summed E-state index contributed by atoms with van der Waals surface area (Å²) in [5, 5.41) is 8.82. The van der Waals surface area contributed by atoms with E-state index in [1.54, 1.807) is 0 Å². The second-order valence-corrected chi connectivity index (χ2v) is 5.75. The van der Waals surface area contributed by atoms with Crippen LogP contribution in [0.15, 0.2) is 23.4 Å². The third kappa shape index (κ3) is 3.79. The molecule has 0 aliphatic heterocycles. The molecule has 1 aromatic carbocycles. The topological polar surface area (TPSA) is 66.2 Å². The average molecular weight is 321 g/mol. The Labute approximate surface area is 133 Å². The second-order valence-electron chi connectivity index (χ2n) is 4.81. The first-order chi connectivity index (χ1) is 10.5. The fraction of sp³-hybridized carbons (Fsp3) is 0.400. The maximum absolute atomic E-state index is 11.2. The zero-order valence-corrected chi connectivity index (χ0v) is 13.9. The summed E-state index contributed by atoms with van der Waals surface area (Å²) >= 11 is 1.29. The van der Waals surface area contributed by atoms with Crippen molar-refractivity contribution in [3.63, 3.8) is 0 Å². The SMILES string of the molecule is COC(=O)CSc1nnc(COc2cccc(C)c2C)n1C. The van der Waals surface area contributed by atoms with E-state index >= 15 is 0 Å². The van der Waals surface area contributed by atoms with Crippen molar-refractivity contribution in [2.24, 2.45) is 7.05 Å². The number of aromatic nitrogens is 3. The molecule has 0 amide bonds. The number of hydrogen-bond donors (Lipinski definition) is 0. The van der Waals surface area contributed by atoms with Crippen LogP contribution >= 0.6 is 11.8 Å². The summed E-state index contributed by atoms with van der Waals surface area (Å²) in [6.45, 7) is 4.40. The van der Waals surface area contributed by atoms with Crippen LogP contribution in [-0.4, -0.2) is 33.6 Å². The Morgan fingerprint density at radius 3 is 2.82 bits per heavy atom. The van der Waals surface area contributed by atoms with Crippen molar-refractivity contribution in [3.05, 3.63) is 35.2 Å². The van der Waals surface area contributed by atoms with Gasteiger partial charge >= 0.3 is 5.97 Å². The number of aryl methyl sites for hydroxylation is 1. The van der Waals surface area contributed by atoms with Crippen LogP contribution in [-0.2, 0) is 23.2 Å². The van der Waals surface area contributed by atoms with Gasteiger partial charge in [-0.3, -0.25) is 4.79 Å².